The molecule has 0 spiro atoms. The third-order valence-electron chi connectivity index (χ3n) is 3.13. The Morgan fingerprint density at radius 1 is 1.23 bits per heavy atom. The van der Waals surface area contributed by atoms with Gasteiger partial charge in [0.05, 0.1) is 0 Å². The van der Waals surface area contributed by atoms with Crippen LogP contribution in [0.5, 0.6) is 0 Å². The first-order valence-corrected chi connectivity index (χ1v) is 7.38. The van der Waals surface area contributed by atoms with Gasteiger partial charge < -0.3 is 10.6 Å². The standard InChI is InChI=1S/C16H21N5O/c1-12(2)3-8-18-16(22)14-9-15(21-11-20-14)19-10-13-4-6-17-7-5-13/h4-7,9,11-12H,3,8,10H2,1-2H3,(H,18,22)(H,19,20,21). The number of aromatic nitrogens is 3. The number of hydrogen-bond donors (Lipinski definition) is 2. The first kappa shape index (κ1) is 15.9. The van der Waals surface area contributed by atoms with Crippen LogP contribution in [0.2, 0.25) is 0 Å². The number of carbonyl (C=O) groups is 1. The third kappa shape index (κ3) is 5.12. The highest BCUT2D eigenvalue weighted by molar-refractivity contribution is 5.92. The summed E-state index contributed by atoms with van der Waals surface area (Å²) in [6.45, 7) is 5.52. The predicted octanol–water partition coefficient (Wildman–Crippen LogP) is 2.26. The van der Waals surface area contributed by atoms with Gasteiger partial charge in [0.25, 0.3) is 5.91 Å². The van der Waals surface area contributed by atoms with Crippen molar-refractivity contribution in [1.29, 1.82) is 0 Å². The minimum Gasteiger partial charge on any atom is -0.366 e. The lowest BCUT2D eigenvalue weighted by Crippen LogP contribution is -2.26. The average molecular weight is 299 g/mol. The molecule has 1 amide bonds. The van der Waals surface area contributed by atoms with E-state index in [0.29, 0.717) is 30.5 Å². The minimum absolute atomic E-state index is 0.171. The van der Waals surface area contributed by atoms with Gasteiger partial charge in [-0.2, -0.15) is 0 Å². The van der Waals surface area contributed by atoms with Gasteiger partial charge in [0.15, 0.2) is 0 Å². The number of carbonyl (C=O) groups excluding carboxylic acids is 1. The Balaban J connectivity index is 1.90. The van der Waals surface area contributed by atoms with Crippen molar-refractivity contribution in [2.75, 3.05) is 11.9 Å². The molecule has 22 heavy (non-hydrogen) atoms. The lowest BCUT2D eigenvalue weighted by Gasteiger charge is -2.08. The third-order valence-corrected chi connectivity index (χ3v) is 3.13. The van der Waals surface area contributed by atoms with E-state index in [-0.39, 0.29) is 5.91 Å². The molecule has 0 aromatic carbocycles. The Morgan fingerprint density at radius 2 is 2.00 bits per heavy atom. The second kappa shape index (κ2) is 8.07. The van der Waals surface area contributed by atoms with Crippen LogP contribution in [0.1, 0.15) is 36.3 Å². The van der Waals surface area contributed by atoms with Crippen LogP contribution in [0, 0.1) is 5.92 Å². The quantitative estimate of drug-likeness (QED) is 0.819. The number of amides is 1. The highest BCUT2D eigenvalue weighted by atomic mass is 16.1. The van der Waals surface area contributed by atoms with Crippen LogP contribution >= 0.6 is 0 Å². The van der Waals surface area contributed by atoms with Gasteiger partial charge in [-0.1, -0.05) is 13.8 Å². The fraction of sp³-hybridized carbons (Fsp3) is 0.375. The minimum atomic E-state index is -0.171. The summed E-state index contributed by atoms with van der Waals surface area (Å²) in [5.41, 5.74) is 1.47. The first-order chi connectivity index (χ1) is 10.6. The van der Waals surface area contributed by atoms with Crippen LogP contribution in [-0.4, -0.2) is 27.4 Å². The Morgan fingerprint density at radius 3 is 2.73 bits per heavy atom. The van der Waals surface area contributed by atoms with E-state index in [2.05, 4.69) is 39.4 Å². The van der Waals surface area contributed by atoms with Crippen LogP contribution in [0.15, 0.2) is 36.9 Å². The second-order valence-corrected chi connectivity index (χ2v) is 5.44. The normalized spacial score (nSPS) is 10.5. The van der Waals surface area contributed by atoms with Crippen molar-refractivity contribution in [2.24, 2.45) is 5.92 Å². The Kier molecular flexibility index (Phi) is 5.82. The summed E-state index contributed by atoms with van der Waals surface area (Å²) in [4.78, 5) is 24.1. The van der Waals surface area contributed by atoms with Gasteiger partial charge in [-0.05, 0) is 30.0 Å². The van der Waals surface area contributed by atoms with Gasteiger partial charge in [-0.15, -0.1) is 0 Å². The first-order valence-electron chi connectivity index (χ1n) is 7.38. The smallest absolute Gasteiger partial charge is 0.270 e. The van der Waals surface area contributed by atoms with Crippen molar-refractivity contribution in [3.63, 3.8) is 0 Å². The fourth-order valence-electron chi connectivity index (χ4n) is 1.84. The SMILES string of the molecule is CC(C)CCNC(=O)c1cc(NCc2ccncc2)ncn1. The van der Waals surface area contributed by atoms with E-state index in [1.165, 1.54) is 6.33 Å². The molecule has 2 N–H and O–H groups in total. The zero-order chi connectivity index (χ0) is 15.8. The van der Waals surface area contributed by atoms with Gasteiger partial charge in [-0.3, -0.25) is 9.78 Å². The molecule has 2 heterocycles. The predicted molar refractivity (Wildman–Crippen MR) is 85.4 cm³/mol. The van der Waals surface area contributed by atoms with Crippen LogP contribution < -0.4 is 10.6 Å². The summed E-state index contributed by atoms with van der Waals surface area (Å²) in [7, 11) is 0. The molecule has 2 aromatic rings. The molecule has 116 valence electrons. The summed E-state index contributed by atoms with van der Waals surface area (Å²) in [5.74, 6) is 1.01. The molecule has 0 unspecified atom stereocenters. The van der Waals surface area contributed by atoms with Crippen LogP contribution in [0.25, 0.3) is 0 Å². The van der Waals surface area contributed by atoms with E-state index in [0.717, 1.165) is 12.0 Å². The molecule has 0 saturated carbocycles. The average Bonchev–Trinajstić information content (AvgIpc) is 2.54. The zero-order valence-electron chi connectivity index (χ0n) is 12.9. The van der Waals surface area contributed by atoms with Crippen molar-refractivity contribution in [2.45, 2.75) is 26.8 Å². The van der Waals surface area contributed by atoms with Gasteiger partial charge in [0.1, 0.15) is 17.8 Å². The van der Waals surface area contributed by atoms with Crippen molar-refractivity contribution < 1.29 is 4.79 Å². The summed E-state index contributed by atoms with van der Waals surface area (Å²) >= 11 is 0. The van der Waals surface area contributed by atoms with Gasteiger partial charge in [0.2, 0.25) is 0 Å². The highest BCUT2D eigenvalue weighted by Gasteiger charge is 2.08. The molecule has 0 atom stereocenters. The maximum absolute atomic E-state index is 12.0. The molecule has 2 rings (SSSR count). The van der Waals surface area contributed by atoms with E-state index in [1.54, 1.807) is 18.5 Å². The van der Waals surface area contributed by atoms with Gasteiger partial charge in [-0.25, -0.2) is 9.97 Å². The van der Waals surface area contributed by atoms with Gasteiger partial charge in [0, 0.05) is 31.5 Å². The highest BCUT2D eigenvalue weighted by Crippen LogP contribution is 2.07. The Hall–Kier alpha value is -2.50. The molecule has 0 saturated heterocycles. The van der Waals surface area contributed by atoms with E-state index in [4.69, 9.17) is 0 Å². The zero-order valence-corrected chi connectivity index (χ0v) is 12.9. The van der Waals surface area contributed by atoms with Crippen molar-refractivity contribution >= 4 is 11.7 Å². The molecule has 0 fully saturated rings. The van der Waals surface area contributed by atoms with E-state index in [1.807, 2.05) is 12.1 Å². The largest absolute Gasteiger partial charge is 0.366 e. The number of rotatable bonds is 7. The molecule has 2 aromatic heterocycles. The summed E-state index contributed by atoms with van der Waals surface area (Å²) in [6, 6.07) is 5.51. The maximum Gasteiger partial charge on any atom is 0.270 e. The molecule has 0 aliphatic heterocycles. The molecular formula is C16H21N5O. The van der Waals surface area contributed by atoms with Crippen molar-refractivity contribution in [3.8, 4) is 0 Å². The lowest BCUT2D eigenvalue weighted by molar-refractivity contribution is 0.0947. The monoisotopic (exact) mass is 299 g/mol. The van der Waals surface area contributed by atoms with Crippen LogP contribution in [0.3, 0.4) is 0 Å². The summed E-state index contributed by atoms with van der Waals surface area (Å²) < 4.78 is 0. The molecule has 0 aliphatic carbocycles. The number of pyridine rings is 1. The second-order valence-electron chi connectivity index (χ2n) is 5.44. The summed E-state index contributed by atoms with van der Waals surface area (Å²) in [5, 5.41) is 6.04. The molecule has 6 heteroatoms. The fourth-order valence-corrected chi connectivity index (χ4v) is 1.84. The maximum atomic E-state index is 12.0. The number of nitrogens with zero attached hydrogens (tertiary/aromatic N) is 3. The molecule has 0 aliphatic rings. The molecule has 0 radical (unpaired) electrons. The van der Waals surface area contributed by atoms with Crippen molar-refractivity contribution in [1.82, 2.24) is 20.3 Å². The van der Waals surface area contributed by atoms with E-state index in [9.17, 15) is 4.79 Å². The molecule has 6 nitrogen and oxygen atoms in total. The van der Waals surface area contributed by atoms with Crippen molar-refractivity contribution in [3.05, 3.63) is 48.2 Å². The molecule has 0 bridgehead atoms. The van der Waals surface area contributed by atoms with Crippen LogP contribution in [0.4, 0.5) is 5.82 Å². The van der Waals surface area contributed by atoms with E-state index >= 15 is 0 Å². The Bertz CT molecular complexity index is 600. The van der Waals surface area contributed by atoms with Gasteiger partial charge >= 0.3 is 0 Å². The van der Waals surface area contributed by atoms with E-state index < -0.39 is 0 Å². The summed E-state index contributed by atoms with van der Waals surface area (Å²) in [6.07, 6.45) is 5.82. The lowest BCUT2D eigenvalue weighted by atomic mass is 10.1. The number of nitrogens with one attached hydrogen (secondary N) is 2. The Labute approximate surface area is 130 Å². The topological polar surface area (TPSA) is 79.8 Å². The molecular weight excluding hydrogens is 278 g/mol. The number of anilines is 1. The van der Waals surface area contributed by atoms with Crippen LogP contribution in [-0.2, 0) is 6.54 Å². The number of hydrogen-bond acceptors (Lipinski definition) is 5.